The van der Waals surface area contributed by atoms with Gasteiger partial charge < -0.3 is 46.1 Å². The quantitative estimate of drug-likeness (QED) is 0.116. The summed E-state index contributed by atoms with van der Waals surface area (Å²) in [6, 6.07) is 1.83. The lowest BCUT2D eigenvalue weighted by Crippen LogP contribution is -2.70. The molecule has 6 unspecified atom stereocenters. The average Bonchev–Trinajstić information content (AvgIpc) is 2.88. The lowest BCUT2D eigenvalue weighted by molar-refractivity contribution is -0.169. The van der Waals surface area contributed by atoms with Crippen LogP contribution in [0, 0.1) is 11.8 Å². The number of benzene rings is 1. The summed E-state index contributed by atoms with van der Waals surface area (Å²) in [7, 11) is 4.47. The molecule has 1 amide bonds. The molecular formula is C27H35N3O10. The SMILES string of the molecule is COCCOCCNc1ccc2c(c1O)C(O)=C1C(=O)C3(O)C(O)=C(C(N)=O)C(=O)C(N(C)C)C3C(O)C1C2C. The maximum Gasteiger partial charge on any atom is 0.255 e. The number of nitrogens with zero attached hydrogens (tertiary/aromatic N) is 1. The van der Waals surface area contributed by atoms with Gasteiger partial charge in [-0.2, -0.15) is 0 Å². The molecule has 8 N–H and O–H groups in total. The van der Waals surface area contributed by atoms with Gasteiger partial charge in [-0.05, 0) is 31.6 Å². The van der Waals surface area contributed by atoms with Crippen LogP contribution in [0.2, 0.25) is 0 Å². The summed E-state index contributed by atoms with van der Waals surface area (Å²) >= 11 is 0. The van der Waals surface area contributed by atoms with Crippen molar-refractivity contribution in [3.63, 3.8) is 0 Å². The van der Waals surface area contributed by atoms with Gasteiger partial charge in [0, 0.05) is 25.1 Å². The smallest absolute Gasteiger partial charge is 0.255 e. The Hall–Kier alpha value is -3.49. The molecule has 4 rings (SSSR count). The van der Waals surface area contributed by atoms with Gasteiger partial charge in [0.25, 0.3) is 5.91 Å². The highest BCUT2D eigenvalue weighted by atomic mass is 16.5. The van der Waals surface area contributed by atoms with Gasteiger partial charge in [0.1, 0.15) is 22.8 Å². The van der Waals surface area contributed by atoms with Crippen molar-refractivity contribution >= 4 is 28.9 Å². The Morgan fingerprint density at radius 2 is 1.82 bits per heavy atom. The van der Waals surface area contributed by atoms with E-state index in [-0.39, 0.29) is 17.0 Å². The number of aliphatic hydroxyl groups is 4. The largest absolute Gasteiger partial charge is 0.508 e. The number of ether oxygens (including phenoxy) is 2. The first kappa shape index (κ1) is 29.5. The van der Waals surface area contributed by atoms with Crippen molar-refractivity contribution < 1.29 is 49.4 Å². The molecule has 13 heteroatoms. The zero-order chi connectivity index (χ0) is 29.7. The van der Waals surface area contributed by atoms with Crippen molar-refractivity contribution in [1.29, 1.82) is 0 Å². The number of methoxy groups -OCH3 is 1. The number of fused-ring (bicyclic) bond motifs is 3. The number of ketones is 2. The summed E-state index contributed by atoms with van der Waals surface area (Å²) in [5.41, 5.74) is 1.56. The van der Waals surface area contributed by atoms with E-state index in [2.05, 4.69) is 5.32 Å². The van der Waals surface area contributed by atoms with Crippen molar-refractivity contribution in [1.82, 2.24) is 4.90 Å². The third-order valence-corrected chi connectivity index (χ3v) is 8.12. The van der Waals surface area contributed by atoms with Crippen molar-refractivity contribution in [2.24, 2.45) is 17.6 Å². The predicted octanol–water partition coefficient (Wildman–Crippen LogP) is -0.429. The Bertz CT molecular complexity index is 1310. The van der Waals surface area contributed by atoms with Crippen LogP contribution in [0.3, 0.4) is 0 Å². The number of aliphatic hydroxyl groups excluding tert-OH is 3. The van der Waals surface area contributed by atoms with Crippen LogP contribution < -0.4 is 11.1 Å². The van der Waals surface area contributed by atoms with Crippen molar-refractivity contribution in [3.05, 3.63) is 40.2 Å². The lowest BCUT2D eigenvalue weighted by atomic mass is 9.54. The number of carbonyl (C=O) groups is 3. The van der Waals surface area contributed by atoms with Crippen LogP contribution in [0.25, 0.3) is 5.76 Å². The molecule has 0 aromatic heterocycles. The molecule has 0 bridgehead atoms. The Morgan fingerprint density at radius 3 is 2.42 bits per heavy atom. The molecule has 1 saturated carbocycles. The van der Waals surface area contributed by atoms with Gasteiger partial charge in [0.05, 0.1) is 49.1 Å². The van der Waals surface area contributed by atoms with Gasteiger partial charge in [-0.1, -0.05) is 13.0 Å². The topological polar surface area (TPSA) is 212 Å². The van der Waals surface area contributed by atoms with E-state index in [1.807, 2.05) is 0 Å². The van der Waals surface area contributed by atoms with Crippen LogP contribution in [0.15, 0.2) is 29.0 Å². The molecule has 1 aromatic carbocycles. The molecule has 6 atom stereocenters. The summed E-state index contributed by atoms with van der Waals surface area (Å²) in [6.07, 6.45) is -1.64. The zero-order valence-corrected chi connectivity index (χ0v) is 22.7. The fraction of sp³-hybridized carbons (Fsp3) is 0.519. The Kier molecular flexibility index (Phi) is 7.98. The van der Waals surface area contributed by atoms with Crippen molar-refractivity contribution in [2.75, 3.05) is 52.9 Å². The minimum absolute atomic E-state index is 0.0821. The fourth-order valence-electron chi connectivity index (χ4n) is 6.26. The Morgan fingerprint density at radius 1 is 1.15 bits per heavy atom. The minimum atomic E-state index is -2.95. The molecule has 0 radical (unpaired) electrons. The van der Waals surface area contributed by atoms with E-state index in [1.54, 1.807) is 26.2 Å². The van der Waals surface area contributed by atoms with Crippen LogP contribution in [0.1, 0.15) is 24.0 Å². The number of nitrogens with one attached hydrogen (secondary N) is 1. The highest BCUT2D eigenvalue weighted by molar-refractivity contribution is 6.24. The van der Waals surface area contributed by atoms with Gasteiger partial charge >= 0.3 is 0 Å². The molecule has 0 spiro atoms. The van der Waals surface area contributed by atoms with Gasteiger partial charge in [0.2, 0.25) is 5.78 Å². The number of rotatable bonds is 9. The van der Waals surface area contributed by atoms with Crippen molar-refractivity contribution in [2.45, 2.75) is 30.6 Å². The van der Waals surface area contributed by atoms with Gasteiger partial charge in [-0.3, -0.25) is 19.3 Å². The van der Waals surface area contributed by atoms with Crippen LogP contribution in [0.5, 0.6) is 5.75 Å². The van der Waals surface area contributed by atoms with E-state index in [0.717, 1.165) is 0 Å². The molecule has 3 aliphatic carbocycles. The predicted molar refractivity (Wildman–Crippen MR) is 142 cm³/mol. The molecular weight excluding hydrogens is 526 g/mol. The van der Waals surface area contributed by atoms with E-state index in [4.69, 9.17) is 15.2 Å². The molecule has 218 valence electrons. The van der Waals surface area contributed by atoms with E-state index < -0.39 is 75.6 Å². The Balaban J connectivity index is 1.83. The summed E-state index contributed by atoms with van der Waals surface area (Å²) < 4.78 is 10.3. The molecule has 1 fully saturated rings. The molecule has 13 nitrogen and oxygen atoms in total. The van der Waals surface area contributed by atoms with Gasteiger partial charge in [-0.15, -0.1) is 0 Å². The standard InChI is InChI=1S/C27H35N3O10/c1-11-12-5-6-13(29-7-8-40-10-9-39-4)20(31)15(12)21(32)16-14(11)22(33)18-19(30(2)3)23(34)17(26(28)37)25(36)27(18,38)24(16)35/h5-6,11,14,18-19,22,29,31-33,36,38H,7-10H2,1-4H3,(H2,28,37). The van der Waals surface area contributed by atoms with Crippen molar-refractivity contribution in [3.8, 4) is 5.75 Å². The maximum atomic E-state index is 14.0. The highest BCUT2D eigenvalue weighted by Crippen LogP contribution is 2.56. The lowest BCUT2D eigenvalue weighted by Gasteiger charge is -2.53. The van der Waals surface area contributed by atoms with E-state index in [1.165, 1.54) is 19.0 Å². The van der Waals surface area contributed by atoms with Crippen LogP contribution in [0.4, 0.5) is 5.69 Å². The molecule has 0 saturated heterocycles. The number of hydrogen-bond donors (Lipinski definition) is 7. The second-order valence-corrected chi connectivity index (χ2v) is 10.5. The maximum absolute atomic E-state index is 14.0. The number of phenolic OH excluding ortho intramolecular Hbond substituents is 1. The fourth-order valence-corrected chi connectivity index (χ4v) is 6.26. The number of nitrogens with two attached hydrogens (primary N) is 1. The number of hydrogen-bond acceptors (Lipinski definition) is 12. The second kappa shape index (κ2) is 10.8. The number of Topliss-reactive ketones (excluding diaryl/α,β-unsaturated/α-hetero) is 2. The normalized spacial score (nSPS) is 29.8. The molecule has 1 aromatic rings. The first-order chi connectivity index (χ1) is 18.8. The first-order valence-electron chi connectivity index (χ1n) is 12.8. The molecule has 0 heterocycles. The number of likely N-dealkylation sites (N-methyl/N-ethyl adjacent to an activating group) is 1. The first-order valence-corrected chi connectivity index (χ1v) is 12.8. The number of phenols is 1. The van der Waals surface area contributed by atoms with E-state index >= 15 is 0 Å². The van der Waals surface area contributed by atoms with Gasteiger partial charge in [-0.25, -0.2) is 0 Å². The van der Waals surface area contributed by atoms with Crippen LogP contribution in [-0.2, 0) is 23.9 Å². The van der Waals surface area contributed by atoms with Crippen LogP contribution in [-0.4, -0.2) is 113 Å². The number of anilines is 1. The summed E-state index contributed by atoms with van der Waals surface area (Å²) in [6.45, 7) is 3.08. The van der Waals surface area contributed by atoms with Gasteiger partial charge in [0.15, 0.2) is 11.4 Å². The molecule has 0 aliphatic heterocycles. The number of primary amides is 1. The minimum Gasteiger partial charge on any atom is -0.508 e. The summed E-state index contributed by atoms with van der Waals surface area (Å²) in [5, 5.41) is 59.7. The molecule has 3 aliphatic rings. The third kappa shape index (κ3) is 4.25. The van der Waals surface area contributed by atoms with E-state index in [9.17, 15) is 39.9 Å². The summed E-state index contributed by atoms with van der Waals surface area (Å²) in [5.74, 6) is -9.24. The zero-order valence-electron chi connectivity index (χ0n) is 22.7. The number of amides is 1. The molecule has 40 heavy (non-hydrogen) atoms. The monoisotopic (exact) mass is 561 g/mol. The van der Waals surface area contributed by atoms with Crippen LogP contribution >= 0.6 is 0 Å². The number of carbonyl (C=O) groups excluding carboxylic acids is 3. The Labute approximate surface area is 230 Å². The average molecular weight is 562 g/mol. The third-order valence-electron chi connectivity index (χ3n) is 8.12. The second-order valence-electron chi connectivity index (χ2n) is 10.5. The summed E-state index contributed by atoms with van der Waals surface area (Å²) in [4.78, 5) is 40.6. The highest BCUT2D eigenvalue weighted by Gasteiger charge is 2.68. The number of aromatic hydroxyl groups is 1. The van der Waals surface area contributed by atoms with E-state index in [0.29, 0.717) is 31.9 Å².